The molecule has 0 radical (unpaired) electrons. The smallest absolute Gasteiger partial charge is 0.239 e. The van der Waals surface area contributed by atoms with Gasteiger partial charge in [0.25, 0.3) is 0 Å². The highest BCUT2D eigenvalue weighted by Crippen LogP contribution is 2.17. The second-order valence-corrected chi connectivity index (χ2v) is 5.63. The third-order valence-corrected chi connectivity index (χ3v) is 3.67. The van der Waals surface area contributed by atoms with Crippen molar-refractivity contribution < 1.29 is 9.21 Å². The zero-order valence-electron chi connectivity index (χ0n) is 13.5. The number of hydrogen-bond donors (Lipinski definition) is 1. The highest BCUT2D eigenvalue weighted by molar-refractivity contribution is 5.78. The van der Waals surface area contributed by atoms with Crippen LogP contribution < -0.4 is 5.32 Å². The van der Waals surface area contributed by atoms with Gasteiger partial charge in [-0.2, -0.15) is 0 Å². The number of benzene rings is 2. The number of nitrogens with one attached hydrogen (secondary N) is 1. The number of hydrogen-bond acceptors (Lipinski definition) is 4. The van der Waals surface area contributed by atoms with Gasteiger partial charge in [-0.3, -0.25) is 4.79 Å². The summed E-state index contributed by atoms with van der Waals surface area (Å²) in [4.78, 5) is 12.4. The molecule has 0 bridgehead atoms. The quantitative estimate of drug-likeness (QED) is 0.758. The molecule has 0 aliphatic heterocycles. The normalized spacial score (nSPS) is 11.9. The van der Waals surface area contributed by atoms with Gasteiger partial charge in [-0.15, -0.1) is 10.2 Å². The lowest BCUT2D eigenvalue weighted by Gasteiger charge is -2.15. The summed E-state index contributed by atoms with van der Waals surface area (Å²) in [7, 11) is 0. The first-order valence-electron chi connectivity index (χ1n) is 7.88. The fourth-order valence-electron chi connectivity index (χ4n) is 2.53. The fourth-order valence-corrected chi connectivity index (χ4v) is 2.53. The van der Waals surface area contributed by atoms with Crippen molar-refractivity contribution in [1.82, 2.24) is 15.5 Å². The van der Waals surface area contributed by atoms with Crippen LogP contribution in [0.5, 0.6) is 0 Å². The van der Waals surface area contributed by atoms with E-state index in [0.29, 0.717) is 24.6 Å². The zero-order valence-corrected chi connectivity index (χ0v) is 13.5. The Hall–Kier alpha value is -2.95. The van der Waals surface area contributed by atoms with Crippen molar-refractivity contribution in [2.75, 3.05) is 0 Å². The molecule has 1 unspecified atom stereocenters. The van der Waals surface area contributed by atoms with Crippen LogP contribution in [0.2, 0.25) is 0 Å². The van der Waals surface area contributed by atoms with Gasteiger partial charge in [0.2, 0.25) is 17.7 Å². The van der Waals surface area contributed by atoms with Crippen LogP contribution in [-0.4, -0.2) is 16.1 Å². The van der Waals surface area contributed by atoms with Crippen molar-refractivity contribution >= 4 is 5.91 Å². The Morgan fingerprint density at radius 2 is 1.62 bits per heavy atom. The number of amides is 1. The second-order valence-electron chi connectivity index (χ2n) is 5.63. The lowest BCUT2D eigenvalue weighted by molar-refractivity contribution is -0.121. The minimum absolute atomic E-state index is 0.0713. The van der Waals surface area contributed by atoms with Gasteiger partial charge in [0, 0.05) is 13.3 Å². The van der Waals surface area contributed by atoms with E-state index in [2.05, 4.69) is 15.5 Å². The number of nitrogens with zero attached hydrogens (tertiary/aromatic N) is 2. The predicted octanol–water partition coefficient (Wildman–Crippen LogP) is 3.02. The Balaban J connectivity index is 1.73. The molecule has 5 heteroatoms. The molecule has 24 heavy (non-hydrogen) atoms. The van der Waals surface area contributed by atoms with Gasteiger partial charge in [0.1, 0.15) is 6.04 Å². The van der Waals surface area contributed by atoms with Gasteiger partial charge in [-0.1, -0.05) is 60.7 Å². The zero-order chi connectivity index (χ0) is 16.8. The maximum atomic E-state index is 12.4. The first-order valence-corrected chi connectivity index (χ1v) is 7.88. The maximum Gasteiger partial charge on any atom is 0.239 e. The molecule has 2 aromatic carbocycles. The fraction of sp³-hybridized carbons (Fsp3) is 0.211. The van der Waals surface area contributed by atoms with E-state index in [-0.39, 0.29) is 11.9 Å². The molecule has 5 nitrogen and oxygen atoms in total. The molecule has 1 heterocycles. The van der Waals surface area contributed by atoms with Crippen molar-refractivity contribution in [1.29, 1.82) is 0 Å². The number of rotatable bonds is 6. The highest BCUT2D eigenvalue weighted by Gasteiger charge is 2.21. The van der Waals surface area contributed by atoms with Crippen molar-refractivity contribution in [2.45, 2.75) is 25.8 Å². The van der Waals surface area contributed by atoms with Gasteiger partial charge in [-0.25, -0.2) is 0 Å². The maximum absolute atomic E-state index is 12.4. The molecule has 1 N–H and O–H groups in total. The number of aryl methyl sites for hydroxylation is 1. The van der Waals surface area contributed by atoms with Crippen molar-refractivity contribution in [2.24, 2.45) is 0 Å². The van der Waals surface area contributed by atoms with E-state index in [1.165, 1.54) is 0 Å². The van der Waals surface area contributed by atoms with Crippen LogP contribution in [0.3, 0.4) is 0 Å². The molecule has 0 saturated heterocycles. The van der Waals surface area contributed by atoms with Crippen LogP contribution in [-0.2, 0) is 17.6 Å². The summed E-state index contributed by atoms with van der Waals surface area (Å²) in [5.74, 6) is 0.844. The van der Waals surface area contributed by atoms with E-state index in [0.717, 1.165) is 11.1 Å². The van der Waals surface area contributed by atoms with Crippen LogP contribution in [0.25, 0.3) is 0 Å². The minimum Gasteiger partial charge on any atom is -0.423 e. The van der Waals surface area contributed by atoms with E-state index in [1.54, 1.807) is 6.92 Å². The van der Waals surface area contributed by atoms with E-state index in [9.17, 15) is 4.79 Å². The van der Waals surface area contributed by atoms with E-state index in [4.69, 9.17) is 4.42 Å². The molecule has 0 spiro atoms. The van der Waals surface area contributed by atoms with Crippen molar-refractivity contribution in [3.63, 3.8) is 0 Å². The van der Waals surface area contributed by atoms with E-state index < -0.39 is 0 Å². The third kappa shape index (κ3) is 4.29. The summed E-state index contributed by atoms with van der Waals surface area (Å²) in [5, 5.41) is 11.0. The minimum atomic E-state index is -0.343. The van der Waals surface area contributed by atoms with Crippen molar-refractivity contribution in [3.05, 3.63) is 83.6 Å². The molecular formula is C19H19N3O2. The first-order chi connectivity index (χ1) is 11.7. The second kappa shape index (κ2) is 7.55. The molecule has 1 amide bonds. The lowest BCUT2D eigenvalue weighted by atomic mass is 10.1. The molecule has 0 aliphatic rings. The van der Waals surface area contributed by atoms with Gasteiger partial charge < -0.3 is 9.73 Å². The van der Waals surface area contributed by atoms with E-state index >= 15 is 0 Å². The van der Waals surface area contributed by atoms with Crippen molar-refractivity contribution in [3.8, 4) is 0 Å². The summed E-state index contributed by atoms with van der Waals surface area (Å²) in [6.45, 7) is 1.74. The Morgan fingerprint density at radius 3 is 2.21 bits per heavy atom. The van der Waals surface area contributed by atoms with Crippen LogP contribution >= 0.6 is 0 Å². The molecule has 3 aromatic rings. The molecule has 1 aromatic heterocycles. The monoisotopic (exact) mass is 321 g/mol. The average molecular weight is 321 g/mol. The summed E-state index contributed by atoms with van der Waals surface area (Å²) in [6.07, 6.45) is 0.919. The van der Waals surface area contributed by atoms with E-state index in [1.807, 2.05) is 60.7 Å². The largest absolute Gasteiger partial charge is 0.423 e. The van der Waals surface area contributed by atoms with Gasteiger partial charge in [0.05, 0.1) is 6.42 Å². The summed E-state index contributed by atoms with van der Waals surface area (Å²) in [6, 6.07) is 19.2. The molecule has 0 fully saturated rings. The lowest BCUT2D eigenvalue weighted by Crippen LogP contribution is -2.31. The van der Waals surface area contributed by atoms with Crippen LogP contribution in [0.4, 0.5) is 0 Å². The Bertz CT molecular complexity index is 785. The molecule has 3 rings (SSSR count). The molecule has 122 valence electrons. The molecule has 1 atom stereocenters. The average Bonchev–Trinajstić information content (AvgIpc) is 3.02. The molecule has 0 aliphatic carbocycles. The molecule has 0 saturated carbocycles. The summed E-state index contributed by atoms with van der Waals surface area (Å²) in [5.41, 5.74) is 2.06. The summed E-state index contributed by atoms with van der Waals surface area (Å²) >= 11 is 0. The summed E-state index contributed by atoms with van der Waals surface area (Å²) < 4.78 is 5.53. The third-order valence-electron chi connectivity index (χ3n) is 3.67. The molecular weight excluding hydrogens is 302 g/mol. The predicted molar refractivity (Wildman–Crippen MR) is 90.2 cm³/mol. The van der Waals surface area contributed by atoms with Crippen LogP contribution in [0, 0.1) is 6.92 Å². The van der Waals surface area contributed by atoms with Gasteiger partial charge in [0.15, 0.2) is 0 Å². The van der Waals surface area contributed by atoms with Gasteiger partial charge in [-0.05, 0) is 11.1 Å². The van der Waals surface area contributed by atoms with Crippen LogP contribution in [0.15, 0.2) is 65.1 Å². The number of carbonyl (C=O) groups excluding carboxylic acids is 1. The number of carbonyl (C=O) groups is 1. The highest BCUT2D eigenvalue weighted by atomic mass is 16.4. The Kier molecular flexibility index (Phi) is 5.01. The van der Waals surface area contributed by atoms with Crippen LogP contribution in [0.1, 0.15) is 29.0 Å². The standard InChI is InChI=1S/C19H19N3O2/c1-14-21-22-19(24-14)17(12-15-8-4-2-5-9-15)20-18(23)13-16-10-6-3-7-11-16/h2-11,17H,12-13H2,1H3,(H,20,23). The number of aromatic nitrogens is 2. The first kappa shape index (κ1) is 15.9. The SMILES string of the molecule is Cc1nnc(C(Cc2ccccc2)NC(=O)Cc2ccccc2)o1. The Labute approximate surface area is 140 Å². The topological polar surface area (TPSA) is 68.0 Å². The van der Waals surface area contributed by atoms with Gasteiger partial charge >= 0.3 is 0 Å². The Morgan fingerprint density at radius 1 is 1.00 bits per heavy atom.